The molecule has 0 spiro atoms. The first-order valence-corrected chi connectivity index (χ1v) is 15.1. The van der Waals surface area contributed by atoms with Gasteiger partial charge in [-0.05, 0) is 105 Å². The summed E-state index contributed by atoms with van der Waals surface area (Å²) in [6, 6.07) is 22.5. The normalized spacial score (nSPS) is 11.4. The number of hydrogen-bond donors (Lipinski definition) is 0. The second-order valence-electron chi connectivity index (χ2n) is 10.4. The number of benzene rings is 3. The minimum atomic E-state index is -0.403. The smallest absolute Gasteiger partial charge is 0.343 e. The third kappa shape index (κ3) is 11.8. The summed E-state index contributed by atoms with van der Waals surface area (Å²) in [5.41, 5.74) is 2.54. The predicted octanol–water partition coefficient (Wildman–Crippen LogP) is 8.98. The van der Waals surface area contributed by atoms with Gasteiger partial charge >= 0.3 is 11.9 Å². The molecule has 0 fully saturated rings. The molecule has 0 saturated heterocycles. The predicted molar refractivity (Wildman–Crippen MR) is 167 cm³/mol. The molecule has 0 unspecified atom stereocenters. The molecule has 0 radical (unpaired) electrons. The summed E-state index contributed by atoms with van der Waals surface area (Å²) in [4.78, 5) is 23.7. The van der Waals surface area contributed by atoms with Crippen LogP contribution in [0.4, 0.5) is 0 Å². The van der Waals surface area contributed by atoms with Crippen molar-refractivity contribution in [1.82, 2.24) is 0 Å². The molecule has 0 aliphatic rings. The fourth-order valence-electron chi connectivity index (χ4n) is 4.42. The van der Waals surface area contributed by atoms with Crippen LogP contribution in [0.5, 0.6) is 17.2 Å². The van der Waals surface area contributed by atoms with E-state index in [0.29, 0.717) is 24.5 Å². The van der Waals surface area contributed by atoms with Gasteiger partial charge in [0.25, 0.3) is 0 Å². The lowest BCUT2D eigenvalue weighted by molar-refractivity contribution is -0.137. The standard InChI is InChI=1S/C36H44O6/c1-4-6-7-10-13-28(3)41-33-24-18-31(19-25-33)36(38)42-34-22-16-30(17-23-34)29-14-20-32(21-15-29)39-26-11-8-9-12-27-40-35(37)5-2/h5,14-25,28H,2,4,6-13,26-27H2,1,3H3/t28-/m0/s1. The molecule has 0 aromatic heterocycles. The van der Waals surface area contributed by atoms with Crippen LogP contribution in [0.15, 0.2) is 85.5 Å². The number of carbonyl (C=O) groups excluding carboxylic acids is 2. The third-order valence-corrected chi connectivity index (χ3v) is 6.86. The highest BCUT2D eigenvalue weighted by atomic mass is 16.5. The fraction of sp³-hybridized carbons (Fsp3) is 0.389. The van der Waals surface area contributed by atoms with E-state index in [1.54, 1.807) is 24.3 Å². The molecule has 0 heterocycles. The number of esters is 2. The van der Waals surface area contributed by atoms with Crippen LogP contribution in [0.1, 0.15) is 82.0 Å². The SMILES string of the molecule is C=CC(=O)OCCCCCCOc1ccc(-c2ccc(OC(=O)c3ccc(O[C@@H](C)CCCCCC)cc3)cc2)cc1. The number of hydrogen-bond acceptors (Lipinski definition) is 6. The van der Waals surface area contributed by atoms with Gasteiger partial charge in [-0.1, -0.05) is 57.0 Å². The molecule has 0 amide bonds. The van der Waals surface area contributed by atoms with Gasteiger partial charge in [0.05, 0.1) is 24.9 Å². The lowest BCUT2D eigenvalue weighted by atomic mass is 10.1. The Labute approximate surface area is 250 Å². The quantitative estimate of drug-likeness (QED) is 0.0618. The average Bonchev–Trinajstić information content (AvgIpc) is 3.01. The molecule has 0 aliphatic heterocycles. The largest absolute Gasteiger partial charge is 0.494 e. The van der Waals surface area contributed by atoms with E-state index in [2.05, 4.69) is 20.4 Å². The van der Waals surface area contributed by atoms with Crippen molar-refractivity contribution in [3.8, 4) is 28.4 Å². The van der Waals surface area contributed by atoms with Crippen molar-refractivity contribution in [1.29, 1.82) is 0 Å². The molecule has 42 heavy (non-hydrogen) atoms. The van der Waals surface area contributed by atoms with Gasteiger partial charge in [-0.3, -0.25) is 0 Å². The zero-order valence-electron chi connectivity index (χ0n) is 25.0. The minimum absolute atomic E-state index is 0.145. The highest BCUT2D eigenvalue weighted by Gasteiger charge is 2.11. The first-order valence-electron chi connectivity index (χ1n) is 15.1. The molecule has 1 atom stereocenters. The van der Waals surface area contributed by atoms with Crippen LogP contribution in [-0.2, 0) is 9.53 Å². The van der Waals surface area contributed by atoms with Gasteiger partial charge < -0.3 is 18.9 Å². The Hall–Kier alpha value is -4.06. The van der Waals surface area contributed by atoms with Gasteiger partial charge in [-0.15, -0.1) is 0 Å². The summed E-state index contributed by atoms with van der Waals surface area (Å²) in [5, 5.41) is 0. The monoisotopic (exact) mass is 572 g/mol. The van der Waals surface area contributed by atoms with Crippen LogP contribution in [-0.4, -0.2) is 31.3 Å². The van der Waals surface area contributed by atoms with Crippen molar-refractivity contribution in [2.45, 2.75) is 77.7 Å². The Morgan fingerprint density at radius 3 is 1.90 bits per heavy atom. The van der Waals surface area contributed by atoms with Crippen LogP contribution < -0.4 is 14.2 Å². The van der Waals surface area contributed by atoms with E-state index in [9.17, 15) is 9.59 Å². The molecule has 0 aliphatic carbocycles. The Morgan fingerprint density at radius 2 is 1.29 bits per heavy atom. The number of carbonyl (C=O) groups is 2. The van der Waals surface area contributed by atoms with Gasteiger partial charge in [-0.25, -0.2) is 9.59 Å². The maximum Gasteiger partial charge on any atom is 0.343 e. The zero-order chi connectivity index (χ0) is 30.0. The molecular formula is C36H44O6. The summed E-state index contributed by atoms with van der Waals surface area (Å²) in [6.07, 6.45) is 11.0. The van der Waals surface area contributed by atoms with Crippen molar-refractivity contribution in [3.63, 3.8) is 0 Å². The lowest BCUT2D eigenvalue weighted by Crippen LogP contribution is -2.12. The van der Waals surface area contributed by atoms with E-state index in [4.69, 9.17) is 18.9 Å². The number of rotatable bonds is 19. The van der Waals surface area contributed by atoms with Crippen LogP contribution >= 0.6 is 0 Å². The summed E-state index contributed by atoms with van der Waals surface area (Å²) in [7, 11) is 0. The first-order chi connectivity index (χ1) is 20.5. The van der Waals surface area contributed by atoms with E-state index in [1.165, 1.54) is 31.8 Å². The second kappa shape index (κ2) is 18.4. The number of unbranched alkanes of at least 4 members (excludes halogenated alkanes) is 6. The Kier molecular flexibility index (Phi) is 14.2. The van der Waals surface area contributed by atoms with Gasteiger partial charge in [0.2, 0.25) is 0 Å². The summed E-state index contributed by atoms with van der Waals surface area (Å²) < 4.78 is 22.4. The van der Waals surface area contributed by atoms with Crippen molar-refractivity contribution >= 4 is 11.9 Å². The van der Waals surface area contributed by atoms with Crippen molar-refractivity contribution < 1.29 is 28.5 Å². The molecular weight excluding hydrogens is 528 g/mol. The summed E-state index contributed by atoms with van der Waals surface area (Å²) in [6.45, 7) is 8.74. The molecule has 224 valence electrons. The van der Waals surface area contributed by atoms with Gasteiger partial charge in [-0.2, -0.15) is 0 Å². The van der Waals surface area contributed by atoms with Crippen molar-refractivity contribution in [2.24, 2.45) is 0 Å². The molecule has 0 bridgehead atoms. The van der Waals surface area contributed by atoms with Gasteiger partial charge in [0.15, 0.2) is 0 Å². The van der Waals surface area contributed by atoms with Gasteiger partial charge in [0.1, 0.15) is 17.2 Å². The molecule has 6 nitrogen and oxygen atoms in total. The lowest BCUT2D eigenvalue weighted by Gasteiger charge is -2.14. The maximum absolute atomic E-state index is 12.7. The van der Waals surface area contributed by atoms with Crippen LogP contribution in [0.25, 0.3) is 11.1 Å². The molecule has 0 N–H and O–H groups in total. The van der Waals surface area contributed by atoms with E-state index in [1.807, 2.05) is 48.5 Å². The van der Waals surface area contributed by atoms with E-state index >= 15 is 0 Å². The van der Waals surface area contributed by atoms with E-state index in [-0.39, 0.29) is 12.1 Å². The van der Waals surface area contributed by atoms with Crippen LogP contribution in [0.3, 0.4) is 0 Å². The number of ether oxygens (including phenoxy) is 4. The minimum Gasteiger partial charge on any atom is -0.494 e. The molecule has 3 aromatic carbocycles. The summed E-state index contributed by atoms with van der Waals surface area (Å²) >= 11 is 0. The van der Waals surface area contributed by atoms with E-state index < -0.39 is 5.97 Å². The molecule has 3 aromatic rings. The molecule has 3 rings (SSSR count). The average molecular weight is 573 g/mol. The van der Waals surface area contributed by atoms with Gasteiger partial charge in [0, 0.05) is 6.08 Å². The fourth-order valence-corrected chi connectivity index (χ4v) is 4.42. The molecule has 6 heteroatoms. The first kappa shape index (κ1) is 32.5. The second-order valence-corrected chi connectivity index (χ2v) is 10.4. The van der Waals surface area contributed by atoms with E-state index in [0.717, 1.165) is 54.7 Å². The Morgan fingerprint density at radius 1 is 0.714 bits per heavy atom. The highest BCUT2D eigenvalue weighted by molar-refractivity contribution is 5.91. The van der Waals surface area contributed by atoms with Crippen LogP contribution in [0.2, 0.25) is 0 Å². The summed E-state index contributed by atoms with van der Waals surface area (Å²) in [5.74, 6) is 1.29. The zero-order valence-corrected chi connectivity index (χ0v) is 25.0. The van der Waals surface area contributed by atoms with Crippen molar-refractivity contribution in [3.05, 3.63) is 91.0 Å². The Balaban J connectivity index is 1.38. The molecule has 0 saturated carbocycles. The topological polar surface area (TPSA) is 71.1 Å². The highest BCUT2D eigenvalue weighted by Crippen LogP contribution is 2.25. The van der Waals surface area contributed by atoms with Crippen molar-refractivity contribution in [2.75, 3.05) is 13.2 Å². The Bertz CT molecular complexity index is 1220. The maximum atomic E-state index is 12.7. The van der Waals surface area contributed by atoms with Crippen LogP contribution in [0, 0.1) is 0 Å². The third-order valence-electron chi connectivity index (χ3n) is 6.86.